The Bertz CT molecular complexity index is 3280. The van der Waals surface area contributed by atoms with Crippen LogP contribution in [0.25, 0.3) is 94.2 Å². The lowest BCUT2D eigenvalue weighted by Gasteiger charge is -2.22. The highest BCUT2D eigenvalue weighted by molar-refractivity contribution is 6.23. The summed E-state index contributed by atoms with van der Waals surface area (Å²) < 4.78 is 2.37. The molecular weight excluding hydrogens is 725 g/mol. The summed E-state index contributed by atoms with van der Waals surface area (Å²) in [5, 5.41) is 4.99. The summed E-state index contributed by atoms with van der Waals surface area (Å²) >= 11 is 0. The SMILES string of the molecule is C1=CCCC(n2c(-c3cccc(Cc4ccc5c(-c6ccccc6-c6ccccc6)c6ccccc6c(-c6ccccc6-c6ccccc6)c5c4)c3)nc3ccccc32)=C1. The summed E-state index contributed by atoms with van der Waals surface area (Å²) in [7, 11) is 0. The fraction of sp³-hybridized carbons (Fsp3) is 0.0517. The Balaban J connectivity index is 1.12. The van der Waals surface area contributed by atoms with Crippen LogP contribution in [-0.4, -0.2) is 9.55 Å². The van der Waals surface area contributed by atoms with E-state index in [0.29, 0.717) is 0 Å². The van der Waals surface area contributed by atoms with E-state index in [0.717, 1.165) is 41.7 Å². The minimum atomic E-state index is 0.790. The molecule has 2 heteroatoms. The summed E-state index contributed by atoms with van der Waals surface area (Å²) in [6, 6.07) is 73.2. The standard InChI is InChI=1S/C58H42N2/c1-4-20-42(21-5-1)46-27-10-12-29-48(46)56-50-31-14-15-32-51(50)57(49-30-13-11-28-47(49)43-22-6-2-7-23-43)53-39-41(35-36-52(53)56)37-40-19-18-24-44(38-40)58-59-54-33-16-17-34-55(54)60(58)45-25-8-3-9-26-45/h1-8,10-25,27-36,38-39H,9,26,37H2. The van der Waals surface area contributed by atoms with Crippen molar-refractivity contribution in [3.8, 4) is 55.9 Å². The average Bonchev–Trinajstić information content (AvgIpc) is 3.72. The van der Waals surface area contributed by atoms with Gasteiger partial charge in [-0.05, 0) is 121 Å². The topological polar surface area (TPSA) is 17.8 Å². The van der Waals surface area contributed by atoms with Crippen molar-refractivity contribution in [2.24, 2.45) is 0 Å². The highest BCUT2D eigenvalue weighted by atomic mass is 15.1. The zero-order valence-corrected chi connectivity index (χ0v) is 33.3. The van der Waals surface area contributed by atoms with Gasteiger partial charge in [0, 0.05) is 11.3 Å². The summed E-state index contributed by atoms with van der Waals surface area (Å²) in [4.78, 5) is 5.22. The molecule has 0 atom stereocenters. The second kappa shape index (κ2) is 15.3. The normalized spacial score (nSPS) is 12.6. The van der Waals surface area contributed by atoms with E-state index in [-0.39, 0.29) is 0 Å². The lowest BCUT2D eigenvalue weighted by Crippen LogP contribution is -2.02. The van der Waals surface area contributed by atoms with E-state index < -0.39 is 0 Å². The highest BCUT2D eigenvalue weighted by Crippen LogP contribution is 2.48. The van der Waals surface area contributed by atoms with Crippen LogP contribution in [0, 0.1) is 0 Å². The Labute approximate surface area is 351 Å². The van der Waals surface area contributed by atoms with Crippen molar-refractivity contribution in [1.29, 1.82) is 0 Å². The van der Waals surface area contributed by atoms with Gasteiger partial charge in [0.15, 0.2) is 0 Å². The Kier molecular flexibility index (Phi) is 9.09. The van der Waals surface area contributed by atoms with Gasteiger partial charge in [-0.1, -0.05) is 194 Å². The van der Waals surface area contributed by atoms with Crippen LogP contribution in [-0.2, 0) is 6.42 Å². The van der Waals surface area contributed by atoms with Crippen molar-refractivity contribution in [3.63, 3.8) is 0 Å². The zero-order chi connectivity index (χ0) is 39.8. The Morgan fingerprint density at radius 1 is 0.433 bits per heavy atom. The van der Waals surface area contributed by atoms with Gasteiger partial charge in [-0.3, -0.25) is 4.57 Å². The molecule has 60 heavy (non-hydrogen) atoms. The number of allylic oxidation sites excluding steroid dienone is 4. The van der Waals surface area contributed by atoms with E-state index in [1.807, 2.05) is 0 Å². The molecule has 0 spiro atoms. The van der Waals surface area contributed by atoms with Crippen molar-refractivity contribution in [2.75, 3.05) is 0 Å². The number of imidazole rings is 1. The number of rotatable bonds is 8. The molecule has 1 aliphatic rings. The fourth-order valence-corrected chi connectivity index (χ4v) is 9.40. The van der Waals surface area contributed by atoms with Gasteiger partial charge in [-0.2, -0.15) is 0 Å². The first-order chi connectivity index (χ1) is 29.8. The van der Waals surface area contributed by atoms with E-state index in [4.69, 9.17) is 4.98 Å². The highest BCUT2D eigenvalue weighted by Gasteiger charge is 2.22. The molecule has 2 nitrogen and oxygen atoms in total. The number of aromatic nitrogens is 2. The summed E-state index contributed by atoms with van der Waals surface area (Å²) in [6.45, 7) is 0. The van der Waals surface area contributed by atoms with Gasteiger partial charge < -0.3 is 0 Å². The van der Waals surface area contributed by atoms with Crippen molar-refractivity contribution >= 4 is 38.3 Å². The Morgan fingerprint density at radius 2 is 0.983 bits per heavy atom. The molecule has 0 saturated carbocycles. The molecule has 1 aliphatic carbocycles. The first-order valence-corrected chi connectivity index (χ1v) is 21.0. The molecule has 0 N–H and O–H groups in total. The molecule has 0 saturated heterocycles. The maximum absolute atomic E-state index is 5.22. The molecule has 0 unspecified atom stereocenters. The van der Waals surface area contributed by atoms with Gasteiger partial charge in [-0.25, -0.2) is 4.98 Å². The average molecular weight is 767 g/mol. The van der Waals surface area contributed by atoms with Gasteiger partial charge in [0.05, 0.1) is 11.0 Å². The molecule has 10 aromatic rings. The molecule has 0 aliphatic heterocycles. The lowest BCUT2D eigenvalue weighted by molar-refractivity contribution is 0.959. The number of hydrogen-bond donors (Lipinski definition) is 0. The van der Waals surface area contributed by atoms with Crippen LogP contribution < -0.4 is 0 Å². The van der Waals surface area contributed by atoms with Crippen molar-refractivity contribution in [1.82, 2.24) is 9.55 Å². The molecule has 284 valence electrons. The number of fused-ring (bicyclic) bond motifs is 3. The van der Waals surface area contributed by atoms with E-state index in [9.17, 15) is 0 Å². The number of nitrogens with zero attached hydrogens (tertiary/aromatic N) is 2. The fourth-order valence-electron chi connectivity index (χ4n) is 9.40. The van der Waals surface area contributed by atoms with E-state index >= 15 is 0 Å². The van der Waals surface area contributed by atoms with Crippen LogP contribution in [0.5, 0.6) is 0 Å². The third-order valence-electron chi connectivity index (χ3n) is 12.1. The predicted molar refractivity (Wildman–Crippen MR) is 254 cm³/mol. The van der Waals surface area contributed by atoms with Crippen LogP contribution >= 0.6 is 0 Å². The smallest absolute Gasteiger partial charge is 0.145 e. The van der Waals surface area contributed by atoms with Crippen LogP contribution in [0.4, 0.5) is 0 Å². The zero-order valence-electron chi connectivity index (χ0n) is 33.3. The second-order valence-corrected chi connectivity index (χ2v) is 15.8. The molecule has 0 radical (unpaired) electrons. The van der Waals surface area contributed by atoms with Gasteiger partial charge >= 0.3 is 0 Å². The van der Waals surface area contributed by atoms with Gasteiger partial charge in [0.1, 0.15) is 5.82 Å². The third-order valence-corrected chi connectivity index (χ3v) is 12.1. The summed E-state index contributed by atoms with van der Waals surface area (Å²) in [5.74, 6) is 0.992. The maximum atomic E-state index is 5.22. The Morgan fingerprint density at radius 3 is 1.65 bits per heavy atom. The third kappa shape index (κ3) is 6.34. The van der Waals surface area contributed by atoms with E-state index in [2.05, 4.69) is 223 Å². The van der Waals surface area contributed by atoms with Crippen molar-refractivity contribution in [3.05, 3.63) is 230 Å². The monoisotopic (exact) mass is 766 g/mol. The largest absolute Gasteiger partial charge is 0.296 e. The summed E-state index contributed by atoms with van der Waals surface area (Å²) in [5.41, 5.74) is 17.0. The predicted octanol–water partition coefficient (Wildman–Crippen LogP) is 15.5. The molecule has 1 aromatic heterocycles. The number of benzene rings is 9. The molecule has 9 aromatic carbocycles. The lowest BCUT2D eigenvalue weighted by atomic mass is 9.81. The minimum absolute atomic E-state index is 0.790. The molecule has 0 fully saturated rings. The number of para-hydroxylation sites is 2. The van der Waals surface area contributed by atoms with Gasteiger partial charge in [0.2, 0.25) is 0 Å². The van der Waals surface area contributed by atoms with Gasteiger partial charge in [-0.15, -0.1) is 0 Å². The summed E-state index contributed by atoms with van der Waals surface area (Å²) in [6.07, 6.45) is 9.47. The van der Waals surface area contributed by atoms with E-state index in [1.165, 1.54) is 82.9 Å². The molecular formula is C58H42N2. The van der Waals surface area contributed by atoms with Crippen LogP contribution in [0.3, 0.4) is 0 Å². The second-order valence-electron chi connectivity index (χ2n) is 15.8. The Hall–Kier alpha value is -7.55. The molecule has 0 bridgehead atoms. The first kappa shape index (κ1) is 35.6. The van der Waals surface area contributed by atoms with Crippen LogP contribution in [0.1, 0.15) is 24.0 Å². The van der Waals surface area contributed by atoms with Crippen molar-refractivity contribution in [2.45, 2.75) is 19.3 Å². The molecule has 11 rings (SSSR count). The quantitative estimate of drug-likeness (QED) is 0.141. The minimum Gasteiger partial charge on any atom is -0.296 e. The van der Waals surface area contributed by atoms with Crippen molar-refractivity contribution < 1.29 is 0 Å². The molecule has 0 amide bonds. The first-order valence-electron chi connectivity index (χ1n) is 21.0. The van der Waals surface area contributed by atoms with Gasteiger partial charge in [0.25, 0.3) is 0 Å². The number of hydrogen-bond acceptors (Lipinski definition) is 1. The van der Waals surface area contributed by atoms with E-state index in [1.54, 1.807) is 0 Å². The van der Waals surface area contributed by atoms with Crippen LogP contribution in [0.2, 0.25) is 0 Å². The van der Waals surface area contributed by atoms with Crippen LogP contribution in [0.15, 0.2) is 218 Å². The molecule has 1 heterocycles. The maximum Gasteiger partial charge on any atom is 0.145 e.